The molecule has 4 heteroatoms. The van der Waals surface area contributed by atoms with Gasteiger partial charge in [-0.2, -0.15) is 0 Å². The Morgan fingerprint density at radius 1 is 1.50 bits per heavy atom. The average molecular weight is 191 g/mol. The molecule has 72 valence electrons. The van der Waals surface area contributed by atoms with Crippen molar-refractivity contribution in [2.75, 3.05) is 0 Å². The summed E-state index contributed by atoms with van der Waals surface area (Å²) in [4.78, 5) is 14.7. The Morgan fingerprint density at radius 2 is 2.21 bits per heavy atom. The van der Waals surface area contributed by atoms with Crippen molar-refractivity contribution in [3.8, 4) is 0 Å². The highest BCUT2D eigenvalue weighted by Gasteiger charge is 2.16. The van der Waals surface area contributed by atoms with Crippen LogP contribution in [-0.2, 0) is 0 Å². The predicted octanol–water partition coefficient (Wildman–Crippen LogP) is 2.14. The van der Waals surface area contributed by atoms with Crippen LogP contribution < -0.4 is 0 Å². The molecule has 2 heterocycles. The van der Waals surface area contributed by atoms with Crippen LogP contribution in [-0.4, -0.2) is 16.1 Å². The van der Waals surface area contributed by atoms with Gasteiger partial charge in [-0.25, -0.2) is 9.78 Å². The van der Waals surface area contributed by atoms with Gasteiger partial charge >= 0.3 is 5.97 Å². The van der Waals surface area contributed by atoms with Gasteiger partial charge in [-0.05, 0) is 19.9 Å². The van der Waals surface area contributed by atoms with Gasteiger partial charge in [0.1, 0.15) is 11.3 Å². The Balaban J connectivity index is 2.91. The number of furan rings is 1. The second kappa shape index (κ2) is 2.83. The van der Waals surface area contributed by atoms with Crippen LogP contribution in [0.15, 0.2) is 16.7 Å². The third kappa shape index (κ3) is 1.08. The number of carbonyl (C=O) groups is 1. The largest absolute Gasteiger partial charge is 0.476 e. The molecule has 0 saturated carbocycles. The smallest absolute Gasteiger partial charge is 0.355 e. The van der Waals surface area contributed by atoms with Crippen LogP contribution >= 0.6 is 0 Å². The average Bonchev–Trinajstić information content (AvgIpc) is 2.43. The summed E-state index contributed by atoms with van der Waals surface area (Å²) >= 11 is 0. The van der Waals surface area contributed by atoms with E-state index in [0.717, 1.165) is 11.3 Å². The molecule has 0 aromatic carbocycles. The summed E-state index contributed by atoms with van der Waals surface area (Å²) in [7, 11) is 0. The molecule has 0 aliphatic carbocycles. The van der Waals surface area contributed by atoms with Gasteiger partial charge in [0.2, 0.25) is 0 Å². The maximum atomic E-state index is 10.9. The summed E-state index contributed by atoms with van der Waals surface area (Å²) in [5.74, 6) is -0.296. The lowest BCUT2D eigenvalue weighted by Crippen LogP contribution is -2.00. The number of hydrogen-bond acceptors (Lipinski definition) is 3. The zero-order valence-corrected chi connectivity index (χ0v) is 7.87. The van der Waals surface area contributed by atoms with Gasteiger partial charge in [-0.3, -0.25) is 0 Å². The first kappa shape index (κ1) is 8.74. The van der Waals surface area contributed by atoms with E-state index in [2.05, 4.69) is 4.98 Å². The molecule has 1 N–H and O–H groups in total. The van der Waals surface area contributed by atoms with Crippen LogP contribution in [0, 0.1) is 13.8 Å². The van der Waals surface area contributed by atoms with E-state index in [1.165, 1.54) is 6.20 Å². The maximum absolute atomic E-state index is 10.9. The second-order valence-corrected chi connectivity index (χ2v) is 3.12. The standard InChI is InChI=1S/C10H9NO3/c1-5-6(2)14-7-3-4-11-9(8(5)7)10(12)13/h3-4H,1-2H3,(H,12,13). The number of pyridine rings is 1. The van der Waals surface area contributed by atoms with Gasteiger partial charge in [-0.1, -0.05) is 0 Å². The van der Waals surface area contributed by atoms with Crippen molar-refractivity contribution in [1.29, 1.82) is 0 Å². The van der Waals surface area contributed by atoms with Crippen LogP contribution in [0.3, 0.4) is 0 Å². The number of aromatic nitrogens is 1. The Hall–Kier alpha value is -1.84. The summed E-state index contributed by atoms with van der Waals surface area (Å²) in [5.41, 5.74) is 1.47. The van der Waals surface area contributed by atoms with Crippen molar-refractivity contribution in [2.24, 2.45) is 0 Å². The van der Waals surface area contributed by atoms with Crippen LogP contribution in [0.2, 0.25) is 0 Å². The zero-order chi connectivity index (χ0) is 10.3. The van der Waals surface area contributed by atoms with E-state index >= 15 is 0 Å². The van der Waals surface area contributed by atoms with Gasteiger partial charge in [0, 0.05) is 11.8 Å². The third-order valence-electron chi connectivity index (χ3n) is 2.28. The van der Waals surface area contributed by atoms with E-state index < -0.39 is 5.97 Å². The van der Waals surface area contributed by atoms with E-state index in [9.17, 15) is 4.79 Å². The van der Waals surface area contributed by atoms with Gasteiger partial charge in [0.25, 0.3) is 0 Å². The first-order valence-corrected chi connectivity index (χ1v) is 4.19. The lowest BCUT2D eigenvalue weighted by atomic mass is 10.1. The molecule has 2 aromatic heterocycles. The van der Waals surface area contributed by atoms with Gasteiger partial charge in [0.05, 0.1) is 5.39 Å². The summed E-state index contributed by atoms with van der Waals surface area (Å²) in [6.45, 7) is 3.64. The van der Waals surface area contributed by atoms with Gasteiger partial charge in [-0.15, -0.1) is 0 Å². The minimum Gasteiger partial charge on any atom is -0.476 e. The number of aromatic carboxylic acids is 1. The van der Waals surface area contributed by atoms with Crippen LogP contribution in [0.4, 0.5) is 0 Å². The lowest BCUT2D eigenvalue weighted by molar-refractivity contribution is 0.0693. The normalized spacial score (nSPS) is 10.7. The Labute approximate surface area is 80.2 Å². The number of rotatable bonds is 1. The van der Waals surface area contributed by atoms with Crippen LogP contribution in [0.1, 0.15) is 21.8 Å². The minimum absolute atomic E-state index is 0.0526. The molecule has 2 rings (SSSR count). The maximum Gasteiger partial charge on any atom is 0.355 e. The number of hydrogen-bond donors (Lipinski definition) is 1. The molecule has 14 heavy (non-hydrogen) atoms. The Morgan fingerprint density at radius 3 is 2.86 bits per heavy atom. The molecule has 4 nitrogen and oxygen atoms in total. The second-order valence-electron chi connectivity index (χ2n) is 3.12. The molecule has 0 radical (unpaired) electrons. The summed E-state index contributed by atoms with van der Waals surface area (Å²) < 4.78 is 5.39. The molecule has 0 aliphatic heterocycles. The Kier molecular flexibility index (Phi) is 1.77. The number of aryl methyl sites for hydroxylation is 2. The highest BCUT2D eigenvalue weighted by atomic mass is 16.4. The van der Waals surface area contributed by atoms with E-state index in [-0.39, 0.29) is 5.69 Å². The molecule has 2 aromatic rings. The van der Waals surface area contributed by atoms with Crippen molar-refractivity contribution in [3.63, 3.8) is 0 Å². The molecular weight excluding hydrogens is 182 g/mol. The van der Waals surface area contributed by atoms with E-state index in [1.54, 1.807) is 13.0 Å². The molecule has 0 atom stereocenters. The highest BCUT2D eigenvalue weighted by Crippen LogP contribution is 2.26. The summed E-state index contributed by atoms with van der Waals surface area (Å²) in [6.07, 6.45) is 1.44. The topological polar surface area (TPSA) is 63.3 Å². The van der Waals surface area contributed by atoms with Crippen molar-refractivity contribution in [1.82, 2.24) is 4.98 Å². The number of nitrogens with zero attached hydrogens (tertiary/aromatic N) is 1. The third-order valence-corrected chi connectivity index (χ3v) is 2.28. The fraction of sp³-hybridized carbons (Fsp3) is 0.200. The first-order valence-electron chi connectivity index (χ1n) is 4.19. The fourth-order valence-electron chi connectivity index (χ4n) is 1.47. The molecule has 0 spiro atoms. The zero-order valence-electron chi connectivity index (χ0n) is 7.87. The molecule has 0 amide bonds. The number of carboxylic acid groups (broad SMARTS) is 1. The first-order chi connectivity index (χ1) is 6.61. The molecular formula is C10H9NO3. The quantitative estimate of drug-likeness (QED) is 0.750. The van der Waals surface area contributed by atoms with Crippen LogP contribution in [0.25, 0.3) is 11.0 Å². The summed E-state index contributed by atoms with van der Waals surface area (Å²) in [6, 6.07) is 1.67. The lowest BCUT2D eigenvalue weighted by Gasteiger charge is -1.95. The number of fused-ring (bicyclic) bond motifs is 1. The molecule has 0 fully saturated rings. The molecule has 0 saturated heterocycles. The molecule has 0 aliphatic rings. The van der Waals surface area contributed by atoms with Crippen molar-refractivity contribution in [3.05, 3.63) is 29.3 Å². The minimum atomic E-state index is -1.03. The fourth-order valence-corrected chi connectivity index (χ4v) is 1.47. The van der Waals surface area contributed by atoms with E-state index in [4.69, 9.17) is 9.52 Å². The predicted molar refractivity (Wildman–Crippen MR) is 50.4 cm³/mol. The van der Waals surface area contributed by atoms with Crippen LogP contribution in [0.5, 0.6) is 0 Å². The molecule has 0 unspecified atom stereocenters. The highest BCUT2D eigenvalue weighted by molar-refractivity contribution is 6.01. The van der Waals surface area contributed by atoms with Crippen molar-refractivity contribution < 1.29 is 14.3 Å². The molecule has 0 bridgehead atoms. The van der Waals surface area contributed by atoms with E-state index in [1.807, 2.05) is 6.92 Å². The van der Waals surface area contributed by atoms with Crippen molar-refractivity contribution in [2.45, 2.75) is 13.8 Å². The number of carboxylic acids is 1. The van der Waals surface area contributed by atoms with Crippen molar-refractivity contribution >= 4 is 16.9 Å². The monoisotopic (exact) mass is 191 g/mol. The van der Waals surface area contributed by atoms with Gasteiger partial charge < -0.3 is 9.52 Å². The van der Waals surface area contributed by atoms with Gasteiger partial charge in [0.15, 0.2) is 5.69 Å². The van der Waals surface area contributed by atoms with E-state index in [0.29, 0.717) is 11.0 Å². The Bertz CT molecular complexity index is 513. The SMILES string of the molecule is Cc1oc2ccnc(C(=O)O)c2c1C. The summed E-state index contributed by atoms with van der Waals surface area (Å²) in [5, 5.41) is 9.51.